The lowest BCUT2D eigenvalue weighted by Crippen LogP contribution is -2.32. The Kier molecular flexibility index (Phi) is 6.72. The summed E-state index contributed by atoms with van der Waals surface area (Å²) in [5.74, 6) is 4.09. The van der Waals surface area contributed by atoms with E-state index in [-0.39, 0.29) is 0 Å². The van der Waals surface area contributed by atoms with Crippen LogP contribution in [0, 0.1) is 0 Å². The molecule has 8 rings (SSSR count). The topological polar surface area (TPSA) is 101 Å². The van der Waals surface area contributed by atoms with Crippen LogP contribution in [0.25, 0.3) is 39.7 Å². The number of pyridine rings is 1. The van der Waals surface area contributed by atoms with Gasteiger partial charge in [-0.15, -0.1) is 5.10 Å². The molecule has 1 aliphatic carbocycles. The van der Waals surface area contributed by atoms with Crippen molar-refractivity contribution in [3.8, 4) is 33.9 Å². The lowest BCUT2D eigenvalue weighted by Gasteiger charge is -2.31. The summed E-state index contributed by atoms with van der Waals surface area (Å²) < 4.78 is 1.86. The Morgan fingerprint density at radius 2 is 1.58 bits per heavy atom. The van der Waals surface area contributed by atoms with Crippen LogP contribution in [0.15, 0.2) is 85.2 Å². The zero-order valence-electron chi connectivity index (χ0n) is 24.0. The van der Waals surface area contributed by atoms with Crippen LogP contribution in [0.1, 0.15) is 61.2 Å². The highest BCUT2D eigenvalue weighted by Crippen LogP contribution is 2.36. The minimum atomic E-state index is 0.392. The predicted molar refractivity (Wildman–Crippen MR) is 165 cm³/mol. The number of likely N-dealkylation sites (tertiary alicyclic amines) is 1. The first-order valence-electron chi connectivity index (χ1n) is 15.2. The summed E-state index contributed by atoms with van der Waals surface area (Å²) in [5, 5.41) is 12.4. The molecule has 0 atom stereocenters. The van der Waals surface area contributed by atoms with Crippen LogP contribution >= 0.6 is 0 Å². The van der Waals surface area contributed by atoms with Gasteiger partial charge in [-0.25, -0.2) is 14.5 Å². The van der Waals surface area contributed by atoms with E-state index in [2.05, 4.69) is 74.8 Å². The Morgan fingerprint density at radius 3 is 2.33 bits per heavy atom. The first-order chi connectivity index (χ1) is 21.3. The van der Waals surface area contributed by atoms with Crippen molar-refractivity contribution in [3.63, 3.8) is 0 Å². The maximum absolute atomic E-state index is 5.05. The second kappa shape index (κ2) is 11.1. The van der Waals surface area contributed by atoms with E-state index in [4.69, 9.17) is 20.1 Å². The van der Waals surface area contributed by atoms with Gasteiger partial charge in [-0.2, -0.15) is 10.1 Å². The van der Waals surface area contributed by atoms with E-state index in [1.54, 1.807) is 6.20 Å². The van der Waals surface area contributed by atoms with Gasteiger partial charge in [-0.05, 0) is 62.0 Å². The first-order valence-corrected chi connectivity index (χ1v) is 15.2. The maximum Gasteiger partial charge on any atom is 0.253 e. The minimum absolute atomic E-state index is 0.392. The number of rotatable bonds is 7. The maximum atomic E-state index is 5.05. The highest BCUT2D eigenvalue weighted by Gasteiger charge is 2.26. The summed E-state index contributed by atoms with van der Waals surface area (Å²) >= 11 is 0. The molecule has 1 saturated carbocycles. The van der Waals surface area contributed by atoms with Crippen LogP contribution < -0.4 is 0 Å². The van der Waals surface area contributed by atoms with Crippen molar-refractivity contribution in [2.24, 2.45) is 0 Å². The van der Waals surface area contributed by atoms with Crippen LogP contribution in [-0.2, 0) is 6.54 Å². The molecule has 1 saturated heterocycles. The van der Waals surface area contributed by atoms with Crippen molar-refractivity contribution in [2.75, 3.05) is 13.1 Å². The molecule has 2 aromatic carbocycles. The molecule has 0 bridgehead atoms. The van der Waals surface area contributed by atoms with Gasteiger partial charge >= 0.3 is 0 Å². The molecule has 1 aliphatic heterocycles. The van der Waals surface area contributed by atoms with E-state index in [0.717, 1.165) is 72.2 Å². The number of nitrogens with one attached hydrogen (secondary N) is 1. The van der Waals surface area contributed by atoms with E-state index >= 15 is 0 Å². The second-order valence-electron chi connectivity index (χ2n) is 11.7. The normalized spacial score (nSPS) is 16.5. The molecule has 0 spiro atoms. The number of fused-ring (bicyclic) bond motifs is 1. The molecule has 0 radical (unpaired) electrons. The lowest BCUT2D eigenvalue weighted by atomic mass is 9.85. The standard InChI is InChI=1S/C34H33N9/c1-2-7-24(8-3-1)28-22-43-34(38-32(41-43)26-9-6-10-26)36-30(28)25-14-12-23(13-15-25)21-42-19-16-27(17-20-42)31-37-33(40-39-31)29-11-4-5-18-35-29/h1-5,7-8,11-15,18,22,26-27H,6,9-10,16-17,19-21H2,(H,37,39,40). The van der Waals surface area contributed by atoms with Crippen molar-refractivity contribution in [1.29, 1.82) is 0 Å². The summed E-state index contributed by atoms with van der Waals surface area (Å²) in [5.41, 5.74) is 6.32. The molecule has 2 fully saturated rings. The first kappa shape index (κ1) is 25.9. The molecular formula is C34H33N9. The average Bonchev–Trinajstić information content (AvgIpc) is 3.69. The van der Waals surface area contributed by atoms with E-state index in [1.807, 2.05) is 28.8 Å². The summed E-state index contributed by atoms with van der Waals surface area (Å²) in [4.78, 5) is 21.5. The van der Waals surface area contributed by atoms with Crippen molar-refractivity contribution in [3.05, 3.63) is 102 Å². The fourth-order valence-electron chi connectivity index (χ4n) is 6.18. The van der Waals surface area contributed by atoms with Crippen LogP contribution in [0.3, 0.4) is 0 Å². The van der Waals surface area contributed by atoms with Gasteiger partial charge in [0.25, 0.3) is 5.78 Å². The number of hydrogen-bond donors (Lipinski definition) is 1. The van der Waals surface area contributed by atoms with Gasteiger partial charge in [0.05, 0.1) is 5.69 Å². The molecule has 9 nitrogen and oxygen atoms in total. The summed E-state index contributed by atoms with van der Waals surface area (Å²) in [7, 11) is 0. The number of hydrogen-bond acceptors (Lipinski definition) is 7. The summed E-state index contributed by atoms with van der Waals surface area (Å²) in [6, 6.07) is 25.1. The molecule has 0 amide bonds. The highest BCUT2D eigenvalue weighted by atomic mass is 15.3. The smallest absolute Gasteiger partial charge is 0.253 e. The number of H-pyrrole nitrogens is 1. The molecule has 9 heteroatoms. The molecule has 1 N–H and O–H groups in total. The number of aromatic nitrogens is 8. The molecular weight excluding hydrogens is 534 g/mol. The second-order valence-corrected chi connectivity index (χ2v) is 11.7. The van der Waals surface area contributed by atoms with Crippen molar-refractivity contribution in [1.82, 2.24) is 44.6 Å². The third-order valence-corrected chi connectivity index (χ3v) is 8.91. The molecule has 4 aromatic heterocycles. The fraction of sp³-hybridized carbons (Fsp3) is 0.294. The number of aromatic amines is 1. The number of nitrogens with zero attached hydrogens (tertiary/aromatic N) is 8. The van der Waals surface area contributed by atoms with E-state index in [1.165, 1.54) is 24.8 Å². The van der Waals surface area contributed by atoms with E-state index in [0.29, 0.717) is 23.4 Å². The third-order valence-electron chi connectivity index (χ3n) is 8.91. The largest absolute Gasteiger partial charge is 0.299 e. The Hall–Kier alpha value is -4.76. The van der Waals surface area contributed by atoms with Gasteiger partial charge < -0.3 is 0 Å². The number of benzene rings is 2. The SMILES string of the molecule is c1ccc(-c2cn3nc(C4CCC4)nc3nc2-c2ccc(CN3CCC(c4nc(-c5ccccn5)n[nH]4)CC3)cc2)cc1. The van der Waals surface area contributed by atoms with E-state index in [9.17, 15) is 0 Å². The van der Waals surface area contributed by atoms with Crippen LogP contribution in [-0.4, -0.2) is 57.7 Å². The number of piperidine rings is 1. The molecule has 0 unspecified atom stereocenters. The molecule has 5 heterocycles. The Morgan fingerprint density at radius 1 is 0.767 bits per heavy atom. The van der Waals surface area contributed by atoms with Crippen LogP contribution in [0.4, 0.5) is 0 Å². The monoisotopic (exact) mass is 567 g/mol. The van der Waals surface area contributed by atoms with Crippen molar-refractivity contribution >= 4 is 5.78 Å². The van der Waals surface area contributed by atoms with Gasteiger partial charge in [-0.3, -0.25) is 15.0 Å². The average molecular weight is 568 g/mol. The van der Waals surface area contributed by atoms with Gasteiger partial charge in [0.2, 0.25) is 0 Å². The lowest BCUT2D eigenvalue weighted by molar-refractivity contribution is 0.202. The van der Waals surface area contributed by atoms with Gasteiger partial charge in [-0.1, -0.05) is 67.1 Å². The fourth-order valence-corrected chi connectivity index (χ4v) is 6.18. The molecule has 43 heavy (non-hydrogen) atoms. The molecule has 214 valence electrons. The Labute approximate surface area is 250 Å². The van der Waals surface area contributed by atoms with Crippen LogP contribution in [0.5, 0.6) is 0 Å². The predicted octanol–water partition coefficient (Wildman–Crippen LogP) is 6.29. The van der Waals surface area contributed by atoms with Gasteiger partial charge in [0.1, 0.15) is 11.5 Å². The third kappa shape index (κ3) is 5.21. The highest BCUT2D eigenvalue weighted by molar-refractivity contribution is 5.81. The quantitative estimate of drug-likeness (QED) is 0.242. The Bertz CT molecular complexity index is 1830. The molecule has 2 aliphatic rings. The van der Waals surface area contributed by atoms with E-state index < -0.39 is 0 Å². The summed E-state index contributed by atoms with van der Waals surface area (Å²) in [6.45, 7) is 2.98. The molecule has 6 aromatic rings. The minimum Gasteiger partial charge on any atom is -0.299 e. The van der Waals surface area contributed by atoms with Crippen molar-refractivity contribution in [2.45, 2.75) is 50.5 Å². The van der Waals surface area contributed by atoms with Crippen molar-refractivity contribution < 1.29 is 0 Å². The Balaban J connectivity index is 0.978. The van der Waals surface area contributed by atoms with Crippen LogP contribution in [0.2, 0.25) is 0 Å². The zero-order chi connectivity index (χ0) is 28.6. The van der Waals surface area contributed by atoms with Gasteiger partial charge in [0.15, 0.2) is 11.6 Å². The van der Waals surface area contributed by atoms with Gasteiger partial charge in [0, 0.05) is 41.9 Å². The zero-order valence-corrected chi connectivity index (χ0v) is 24.0. The summed E-state index contributed by atoms with van der Waals surface area (Å²) in [6.07, 6.45) is 9.57.